The zero-order valence-corrected chi connectivity index (χ0v) is 13.2. The fourth-order valence-corrected chi connectivity index (χ4v) is 5.42. The molecule has 0 aromatic carbocycles. The van der Waals surface area contributed by atoms with Gasteiger partial charge in [0, 0.05) is 5.33 Å². The number of rotatable bonds is 8. The van der Waals surface area contributed by atoms with Crippen LogP contribution in [0.4, 0.5) is 0 Å². The molecule has 0 saturated carbocycles. The summed E-state index contributed by atoms with van der Waals surface area (Å²) in [6.07, 6.45) is 8.57. The van der Waals surface area contributed by atoms with Crippen LogP contribution in [0.15, 0.2) is 0 Å². The van der Waals surface area contributed by atoms with Gasteiger partial charge in [0.25, 0.3) is 0 Å². The van der Waals surface area contributed by atoms with Crippen LogP contribution in [0.1, 0.15) is 51.9 Å². The second-order valence-corrected chi connectivity index (χ2v) is 8.16. The third kappa shape index (κ3) is 5.73. The van der Waals surface area contributed by atoms with Gasteiger partial charge in [0.15, 0.2) is 9.84 Å². The van der Waals surface area contributed by atoms with Crippen molar-refractivity contribution in [1.29, 1.82) is 0 Å². The van der Waals surface area contributed by atoms with Crippen molar-refractivity contribution in [2.75, 3.05) is 16.8 Å². The molecule has 2 atom stereocenters. The van der Waals surface area contributed by atoms with Gasteiger partial charge >= 0.3 is 0 Å². The van der Waals surface area contributed by atoms with Gasteiger partial charge in [-0.05, 0) is 24.7 Å². The number of alkyl halides is 1. The van der Waals surface area contributed by atoms with E-state index in [0.29, 0.717) is 23.3 Å². The molecule has 1 aliphatic rings. The Balaban J connectivity index is 2.24. The van der Waals surface area contributed by atoms with Crippen LogP contribution in [0.3, 0.4) is 0 Å². The van der Waals surface area contributed by atoms with Crippen molar-refractivity contribution < 1.29 is 8.42 Å². The second-order valence-electron chi connectivity index (χ2n) is 5.28. The lowest BCUT2D eigenvalue weighted by molar-refractivity contribution is 0.365. The van der Waals surface area contributed by atoms with Gasteiger partial charge < -0.3 is 0 Å². The Labute approximate surface area is 115 Å². The van der Waals surface area contributed by atoms with E-state index >= 15 is 0 Å². The van der Waals surface area contributed by atoms with E-state index in [-0.39, 0.29) is 0 Å². The first-order chi connectivity index (χ1) is 8.09. The van der Waals surface area contributed by atoms with Gasteiger partial charge in [0.05, 0.1) is 11.5 Å². The van der Waals surface area contributed by atoms with Crippen LogP contribution < -0.4 is 0 Å². The Morgan fingerprint density at radius 1 is 1.24 bits per heavy atom. The van der Waals surface area contributed by atoms with E-state index in [1.165, 1.54) is 38.5 Å². The summed E-state index contributed by atoms with van der Waals surface area (Å²) in [5.41, 5.74) is 0. The Kier molecular flexibility index (Phi) is 7.08. The minimum atomic E-state index is -2.71. The summed E-state index contributed by atoms with van der Waals surface area (Å²) in [4.78, 5) is 0. The van der Waals surface area contributed by atoms with Crippen molar-refractivity contribution in [1.82, 2.24) is 0 Å². The second kappa shape index (κ2) is 7.78. The van der Waals surface area contributed by atoms with Crippen molar-refractivity contribution in [2.24, 2.45) is 11.8 Å². The van der Waals surface area contributed by atoms with Gasteiger partial charge in [-0.15, -0.1) is 0 Å². The van der Waals surface area contributed by atoms with E-state index in [0.717, 1.165) is 11.8 Å². The van der Waals surface area contributed by atoms with E-state index in [1.54, 1.807) is 0 Å². The number of hydrogen-bond donors (Lipinski definition) is 0. The molecular weight excluding hydrogens is 300 g/mol. The van der Waals surface area contributed by atoms with Crippen molar-refractivity contribution in [3.63, 3.8) is 0 Å². The first-order valence-corrected chi connectivity index (χ1v) is 9.79. The fraction of sp³-hybridized carbons (Fsp3) is 1.00. The largest absolute Gasteiger partial charge is 0.229 e. The van der Waals surface area contributed by atoms with Crippen LogP contribution in [0.2, 0.25) is 0 Å². The number of unbranched alkanes of at least 4 members (excludes halogenated alkanes) is 4. The zero-order valence-electron chi connectivity index (χ0n) is 10.8. The molecule has 0 aromatic rings. The summed E-state index contributed by atoms with van der Waals surface area (Å²) in [5, 5.41) is 0.959. The van der Waals surface area contributed by atoms with Crippen LogP contribution in [0.25, 0.3) is 0 Å². The fourth-order valence-electron chi connectivity index (χ4n) is 2.64. The maximum absolute atomic E-state index is 11.5. The predicted octanol–water partition coefficient (Wildman–Crippen LogP) is 3.79. The van der Waals surface area contributed by atoms with Crippen molar-refractivity contribution in [2.45, 2.75) is 51.9 Å². The molecule has 1 saturated heterocycles. The van der Waals surface area contributed by atoms with E-state index in [4.69, 9.17) is 0 Å². The third-order valence-corrected chi connectivity index (χ3v) is 6.44. The maximum atomic E-state index is 11.5. The molecular formula is C13H25BrO2S. The highest BCUT2D eigenvalue weighted by molar-refractivity contribution is 9.09. The van der Waals surface area contributed by atoms with Crippen LogP contribution in [0, 0.1) is 11.8 Å². The summed E-state index contributed by atoms with van der Waals surface area (Å²) < 4.78 is 22.9. The Morgan fingerprint density at radius 3 is 2.47 bits per heavy atom. The van der Waals surface area contributed by atoms with Gasteiger partial charge in [-0.2, -0.15) is 0 Å². The molecule has 0 aliphatic carbocycles. The van der Waals surface area contributed by atoms with Crippen LogP contribution in [0.5, 0.6) is 0 Å². The summed E-state index contributed by atoms with van der Waals surface area (Å²) in [5.74, 6) is 1.81. The quantitative estimate of drug-likeness (QED) is 0.502. The van der Waals surface area contributed by atoms with Crippen LogP contribution in [-0.4, -0.2) is 25.3 Å². The molecule has 0 N–H and O–H groups in total. The van der Waals surface area contributed by atoms with Crippen molar-refractivity contribution >= 4 is 25.8 Å². The summed E-state index contributed by atoms with van der Waals surface area (Å²) in [6, 6.07) is 0. The minimum absolute atomic E-state index is 0.408. The van der Waals surface area contributed by atoms with Crippen LogP contribution >= 0.6 is 15.9 Å². The Morgan fingerprint density at radius 2 is 1.94 bits per heavy atom. The molecule has 0 radical (unpaired) electrons. The molecule has 1 rings (SSSR count). The molecule has 2 unspecified atom stereocenters. The highest BCUT2D eigenvalue weighted by Crippen LogP contribution is 2.30. The molecule has 1 heterocycles. The Hall–Kier alpha value is 0.430. The molecule has 4 heteroatoms. The lowest BCUT2D eigenvalue weighted by atomic mass is 9.89. The van der Waals surface area contributed by atoms with E-state index in [9.17, 15) is 8.42 Å². The smallest absolute Gasteiger partial charge is 0.150 e. The van der Waals surface area contributed by atoms with Crippen LogP contribution in [-0.2, 0) is 9.84 Å². The number of sulfone groups is 1. The highest BCUT2D eigenvalue weighted by atomic mass is 79.9. The first kappa shape index (κ1) is 15.5. The molecule has 2 nitrogen and oxygen atoms in total. The lowest BCUT2D eigenvalue weighted by Crippen LogP contribution is -2.17. The van der Waals surface area contributed by atoms with Gasteiger partial charge in [-0.1, -0.05) is 55.0 Å². The normalized spacial score (nSPS) is 24.9. The molecule has 0 amide bonds. The summed E-state index contributed by atoms with van der Waals surface area (Å²) >= 11 is 3.55. The van der Waals surface area contributed by atoms with E-state index in [2.05, 4.69) is 22.9 Å². The van der Waals surface area contributed by atoms with E-state index < -0.39 is 9.84 Å². The molecule has 0 spiro atoms. The molecule has 1 aliphatic heterocycles. The number of halogens is 1. The van der Waals surface area contributed by atoms with Gasteiger partial charge in [0.1, 0.15) is 0 Å². The lowest BCUT2D eigenvalue weighted by Gasteiger charge is -2.19. The standard InChI is InChI=1S/C13H25BrO2S/c1-2-3-4-5-6-7-12(10-14)13-8-9-17(15,16)11-13/h12-13H,2-11H2,1H3. The van der Waals surface area contributed by atoms with Crippen molar-refractivity contribution in [3.05, 3.63) is 0 Å². The summed E-state index contributed by atoms with van der Waals surface area (Å²) in [6.45, 7) is 2.23. The summed E-state index contributed by atoms with van der Waals surface area (Å²) in [7, 11) is -2.71. The van der Waals surface area contributed by atoms with E-state index in [1.807, 2.05) is 0 Å². The zero-order chi connectivity index (χ0) is 12.7. The first-order valence-electron chi connectivity index (χ1n) is 6.85. The molecule has 17 heavy (non-hydrogen) atoms. The number of hydrogen-bond acceptors (Lipinski definition) is 2. The molecule has 1 fully saturated rings. The average Bonchev–Trinajstić information content (AvgIpc) is 2.64. The maximum Gasteiger partial charge on any atom is 0.150 e. The van der Waals surface area contributed by atoms with Gasteiger partial charge in [0.2, 0.25) is 0 Å². The molecule has 0 aromatic heterocycles. The van der Waals surface area contributed by atoms with Crippen molar-refractivity contribution in [3.8, 4) is 0 Å². The predicted molar refractivity (Wildman–Crippen MR) is 77.4 cm³/mol. The molecule has 0 bridgehead atoms. The molecule has 102 valence electrons. The SMILES string of the molecule is CCCCCCCC(CBr)C1CCS(=O)(=O)C1. The van der Waals surface area contributed by atoms with Gasteiger partial charge in [-0.3, -0.25) is 0 Å². The average molecular weight is 325 g/mol. The van der Waals surface area contributed by atoms with Gasteiger partial charge in [-0.25, -0.2) is 8.42 Å². The third-order valence-electron chi connectivity index (χ3n) is 3.81. The highest BCUT2D eigenvalue weighted by Gasteiger charge is 2.32. The minimum Gasteiger partial charge on any atom is -0.229 e. The topological polar surface area (TPSA) is 34.1 Å². The Bertz CT molecular complexity index is 301. The monoisotopic (exact) mass is 324 g/mol.